The van der Waals surface area contributed by atoms with Crippen molar-refractivity contribution < 1.29 is 9.18 Å². The van der Waals surface area contributed by atoms with Gasteiger partial charge >= 0.3 is 0 Å². The number of hydrogen-bond acceptors (Lipinski definition) is 1. The molecule has 1 aromatic carbocycles. The van der Waals surface area contributed by atoms with Crippen molar-refractivity contribution in [1.29, 1.82) is 0 Å². The molecule has 74 valence electrons. The quantitative estimate of drug-likeness (QED) is 0.794. The van der Waals surface area contributed by atoms with Crippen molar-refractivity contribution in [2.75, 3.05) is 0 Å². The Morgan fingerprint density at radius 3 is 2.79 bits per heavy atom. The van der Waals surface area contributed by atoms with Crippen molar-refractivity contribution in [3.8, 4) is 0 Å². The highest BCUT2D eigenvalue weighted by atomic mass is 79.9. The van der Waals surface area contributed by atoms with Crippen LogP contribution in [0.15, 0.2) is 22.7 Å². The number of hydrogen-bond donors (Lipinski definition) is 0. The van der Waals surface area contributed by atoms with E-state index in [-0.39, 0.29) is 23.4 Å². The molecule has 0 aromatic heterocycles. The fourth-order valence-corrected chi connectivity index (χ4v) is 2.12. The molecular weight excluding hydrogens is 247 g/mol. The highest BCUT2D eigenvalue weighted by Gasteiger charge is 2.42. The summed E-state index contributed by atoms with van der Waals surface area (Å²) in [4.78, 5) is 11.0. The smallest absolute Gasteiger partial charge is 0.133 e. The lowest BCUT2D eigenvalue weighted by Gasteiger charge is -2.01. The highest BCUT2D eigenvalue weighted by molar-refractivity contribution is 9.10. The highest BCUT2D eigenvalue weighted by Crippen LogP contribution is 2.48. The first-order chi connectivity index (χ1) is 6.59. The molecule has 0 aliphatic heterocycles. The van der Waals surface area contributed by atoms with Crippen molar-refractivity contribution in [2.45, 2.75) is 19.3 Å². The van der Waals surface area contributed by atoms with E-state index >= 15 is 0 Å². The van der Waals surface area contributed by atoms with E-state index in [2.05, 4.69) is 15.9 Å². The van der Waals surface area contributed by atoms with E-state index in [9.17, 15) is 9.18 Å². The van der Waals surface area contributed by atoms with Gasteiger partial charge in [0.2, 0.25) is 0 Å². The first-order valence-electron chi connectivity index (χ1n) is 4.55. The molecular formula is C11H10BrFO. The number of carbonyl (C=O) groups excluding carboxylic acids is 1. The maximum absolute atomic E-state index is 13.4. The molecule has 0 N–H and O–H groups in total. The minimum atomic E-state index is -0.215. The molecule has 0 bridgehead atoms. The zero-order valence-electron chi connectivity index (χ0n) is 7.76. The van der Waals surface area contributed by atoms with E-state index < -0.39 is 0 Å². The number of ketones is 1. The Kier molecular flexibility index (Phi) is 2.43. The number of Topliss-reactive ketones (excluding diaryl/α,β-unsaturated/α-hetero) is 1. The lowest BCUT2D eigenvalue weighted by molar-refractivity contribution is -0.118. The Bertz CT molecular complexity index is 389. The second-order valence-corrected chi connectivity index (χ2v) is 4.64. The second-order valence-electron chi connectivity index (χ2n) is 3.73. The van der Waals surface area contributed by atoms with Gasteiger partial charge in [-0.05, 0) is 37.0 Å². The normalized spacial score (nSPS) is 24.8. The number of carbonyl (C=O) groups is 1. The molecule has 0 unspecified atom stereocenters. The van der Waals surface area contributed by atoms with E-state index in [1.54, 1.807) is 13.0 Å². The summed E-state index contributed by atoms with van der Waals surface area (Å²) < 4.78 is 14.2. The van der Waals surface area contributed by atoms with Gasteiger partial charge in [-0.3, -0.25) is 4.79 Å². The minimum absolute atomic E-state index is 0.0469. The van der Waals surface area contributed by atoms with E-state index in [4.69, 9.17) is 0 Å². The van der Waals surface area contributed by atoms with Gasteiger partial charge in [0, 0.05) is 10.4 Å². The van der Waals surface area contributed by atoms with E-state index in [1.165, 1.54) is 6.07 Å². The van der Waals surface area contributed by atoms with Crippen LogP contribution >= 0.6 is 15.9 Å². The summed E-state index contributed by atoms with van der Waals surface area (Å²) in [6.45, 7) is 1.57. The molecule has 1 saturated carbocycles. The van der Waals surface area contributed by atoms with Crippen LogP contribution in [-0.2, 0) is 4.79 Å². The predicted molar refractivity (Wildman–Crippen MR) is 55.6 cm³/mol. The Balaban J connectivity index is 2.23. The minimum Gasteiger partial charge on any atom is -0.300 e. The average molecular weight is 257 g/mol. The largest absolute Gasteiger partial charge is 0.300 e. The summed E-state index contributed by atoms with van der Waals surface area (Å²) >= 11 is 3.20. The molecule has 0 saturated heterocycles. The maximum atomic E-state index is 13.4. The van der Waals surface area contributed by atoms with Crippen LogP contribution in [0.25, 0.3) is 0 Å². The summed E-state index contributed by atoms with van der Waals surface area (Å²) in [7, 11) is 0. The monoisotopic (exact) mass is 256 g/mol. The van der Waals surface area contributed by atoms with Crippen LogP contribution < -0.4 is 0 Å². The van der Waals surface area contributed by atoms with Gasteiger partial charge in [-0.25, -0.2) is 4.39 Å². The summed E-state index contributed by atoms with van der Waals surface area (Å²) in [5, 5.41) is 0. The van der Waals surface area contributed by atoms with Crippen LogP contribution in [-0.4, -0.2) is 5.78 Å². The third kappa shape index (κ3) is 1.73. The molecule has 1 aromatic rings. The van der Waals surface area contributed by atoms with Crippen LogP contribution in [0.2, 0.25) is 0 Å². The maximum Gasteiger partial charge on any atom is 0.133 e. The van der Waals surface area contributed by atoms with Crippen LogP contribution in [0.3, 0.4) is 0 Å². The van der Waals surface area contributed by atoms with Gasteiger partial charge < -0.3 is 0 Å². The molecule has 14 heavy (non-hydrogen) atoms. The summed E-state index contributed by atoms with van der Waals surface area (Å²) in [6, 6.07) is 5.02. The zero-order valence-corrected chi connectivity index (χ0v) is 9.34. The molecule has 2 rings (SSSR count). The number of rotatable bonds is 2. The van der Waals surface area contributed by atoms with Crippen molar-refractivity contribution in [2.24, 2.45) is 5.92 Å². The molecule has 1 fully saturated rings. The standard InChI is InChI=1S/C11H10BrFO/c1-6(14)9-5-10(9)8-3-2-7(12)4-11(8)13/h2-4,9-10H,5H2,1H3/t9-,10-/m0/s1. The predicted octanol–water partition coefficient (Wildman–Crippen LogP) is 3.28. The van der Waals surface area contributed by atoms with Gasteiger partial charge in [0.05, 0.1) is 0 Å². The van der Waals surface area contributed by atoms with E-state index in [0.717, 1.165) is 10.9 Å². The van der Waals surface area contributed by atoms with Crippen LogP contribution in [0.4, 0.5) is 4.39 Å². The van der Waals surface area contributed by atoms with Crippen LogP contribution in [0, 0.1) is 11.7 Å². The number of benzene rings is 1. The third-order valence-corrected chi connectivity index (χ3v) is 3.17. The first-order valence-corrected chi connectivity index (χ1v) is 5.34. The molecule has 1 nitrogen and oxygen atoms in total. The Labute approximate surface area is 90.4 Å². The van der Waals surface area contributed by atoms with Gasteiger partial charge in [0.15, 0.2) is 0 Å². The van der Waals surface area contributed by atoms with Crippen molar-refractivity contribution >= 4 is 21.7 Å². The Morgan fingerprint density at radius 2 is 2.29 bits per heavy atom. The number of halogens is 2. The van der Waals surface area contributed by atoms with Crippen LogP contribution in [0.5, 0.6) is 0 Å². The molecule has 0 heterocycles. The van der Waals surface area contributed by atoms with E-state index in [1.807, 2.05) is 6.07 Å². The van der Waals surface area contributed by atoms with E-state index in [0.29, 0.717) is 5.56 Å². The van der Waals surface area contributed by atoms with Crippen molar-refractivity contribution in [3.05, 3.63) is 34.1 Å². The Hall–Kier alpha value is -0.700. The first kappa shape index (κ1) is 9.84. The zero-order chi connectivity index (χ0) is 10.3. The summed E-state index contributed by atoms with van der Waals surface area (Å²) in [5.74, 6) is 0.108. The van der Waals surface area contributed by atoms with Crippen molar-refractivity contribution in [1.82, 2.24) is 0 Å². The Morgan fingerprint density at radius 1 is 1.57 bits per heavy atom. The molecule has 3 heteroatoms. The lowest BCUT2D eigenvalue weighted by atomic mass is 10.1. The van der Waals surface area contributed by atoms with Crippen molar-refractivity contribution in [3.63, 3.8) is 0 Å². The SMILES string of the molecule is CC(=O)[C@@H]1C[C@H]1c1ccc(Br)cc1F. The third-order valence-electron chi connectivity index (χ3n) is 2.67. The molecule has 1 aliphatic rings. The van der Waals surface area contributed by atoms with Gasteiger partial charge in [-0.15, -0.1) is 0 Å². The summed E-state index contributed by atoms with van der Waals surface area (Å²) in [6.07, 6.45) is 0.799. The molecule has 2 atom stereocenters. The molecule has 0 amide bonds. The molecule has 0 spiro atoms. The van der Waals surface area contributed by atoms with Gasteiger partial charge in [0.25, 0.3) is 0 Å². The fourth-order valence-electron chi connectivity index (χ4n) is 1.79. The summed E-state index contributed by atoms with van der Waals surface area (Å²) in [5.41, 5.74) is 0.674. The lowest BCUT2D eigenvalue weighted by Crippen LogP contribution is -1.96. The van der Waals surface area contributed by atoms with Gasteiger partial charge in [-0.1, -0.05) is 22.0 Å². The average Bonchev–Trinajstić information content (AvgIpc) is 2.83. The topological polar surface area (TPSA) is 17.1 Å². The van der Waals surface area contributed by atoms with Gasteiger partial charge in [-0.2, -0.15) is 0 Å². The second kappa shape index (κ2) is 3.46. The fraction of sp³-hybridized carbons (Fsp3) is 0.364. The molecule has 1 aliphatic carbocycles. The molecule has 0 radical (unpaired) electrons. The van der Waals surface area contributed by atoms with Gasteiger partial charge in [0.1, 0.15) is 11.6 Å². The van der Waals surface area contributed by atoms with Crippen LogP contribution in [0.1, 0.15) is 24.8 Å².